The van der Waals surface area contributed by atoms with Crippen LogP contribution in [0.5, 0.6) is 0 Å². The second-order valence-electron chi connectivity index (χ2n) is 11.8. The van der Waals surface area contributed by atoms with Crippen molar-refractivity contribution in [3.63, 3.8) is 0 Å². The topological polar surface area (TPSA) is 58.6 Å². The van der Waals surface area contributed by atoms with Gasteiger partial charge < -0.3 is 14.8 Å². The molecule has 5 heteroatoms. The predicted molar refractivity (Wildman–Crippen MR) is 153 cm³/mol. The van der Waals surface area contributed by atoms with Crippen molar-refractivity contribution in [2.75, 3.05) is 6.61 Å². The summed E-state index contributed by atoms with van der Waals surface area (Å²) in [7, 11) is -1.81. The Morgan fingerprint density at radius 3 is 1.80 bits per heavy atom. The summed E-state index contributed by atoms with van der Waals surface area (Å²) in [6.07, 6.45) is 23.3. The Morgan fingerprint density at radius 2 is 1.31 bits per heavy atom. The Balaban J connectivity index is 2.39. The quantitative estimate of drug-likeness (QED) is 0.0779. The van der Waals surface area contributed by atoms with Gasteiger partial charge in [-0.3, -0.25) is 4.79 Å². The molecule has 0 fully saturated rings. The number of rotatable bonds is 24. The standard InChI is InChI=1S/C30H59NO3Si/c1-6-8-10-12-13-14-15-16-17-19-20-22-26-24-27(26)30(34-35(3,4)5)28(25-32)31-29(33)23-21-18-11-9-7-2/h28,30,32H,6-25H2,1-5H3,(H,31,33)/t28-,30-/m0/s1. The molecule has 1 aliphatic rings. The third-order valence-electron chi connectivity index (χ3n) is 7.05. The largest absolute Gasteiger partial charge is 0.409 e. The van der Waals surface area contributed by atoms with Crippen LogP contribution in [0.15, 0.2) is 11.1 Å². The van der Waals surface area contributed by atoms with E-state index in [-0.39, 0.29) is 24.7 Å². The molecule has 0 saturated carbocycles. The van der Waals surface area contributed by atoms with Crippen molar-refractivity contribution in [3.8, 4) is 0 Å². The van der Waals surface area contributed by atoms with Crippen molar-refractivity contribution in [2.24, 2.45) is 0 Å². The van der Waals surface area contributed by atoms with E-state index in [2.05, 4.69) is 38.8 Å². The van der Waals surface area contributed by atoms with Crippen molar-refractivity contribution in [1.82, 2.24) is 5.32 Å². The fourth-order valence-corrected chi connectivity index (χ4v) is 5.97. The van der Waals surface area contributed by atoms with Crippen LogP contribution in [0, 0.1) is 0 Å². The van der Waals surface area contributed by atoms with Gasteiger partial charge in [0, 0.05) is 6.42 Å². The van der Waals surface area contributed by atoms with E-state index in [9.17, 15) is 9.90 Å². The summed E-state index contributed by atoms with van der Waals surface area (Å²) < 4.78 is 6.52. The number of hydrogen-bond donors (Lipinski definition) is 2. The van der Waals surface area contributed by atoms with Gasteiger partial charge in [-0.15, -0.1) is 0 Å². The molecule has 0 aromatic heterocycles. The summed E-state index contributed by atoms with van der Waals surface area (Å²) in [5, 5.41) is 13.2. The smallest absolute Gasteiger partial charge is 0.220 e. The van der Waals surface area contributed by atoms with Gasteiger partial charge in [-0.25, -0.2) is 0 Å². The molecule has 0 unspecified atom stereocenters. The van der Waals surface area contributed by atoms with Gasteiger partial charge in [0.2, 0.25) is 5.91 Å². The lowest BCUT2D eigenvalue weighted by molar-refractivity contribution is -0.122. The third kappa shape index (κ3) is 16.7. The van der Waals surface area contributed by atoms with E-state index in [0.29, 0.717) is 6.42 Å². The molecule has 4 nitrogen and oxygen atoms in total. The first kappa shape index (κ1) is 32.4. The average molecular weight is 510 g/mol. The monoisotopic (exact) mass is 509 g/mol. The van der Waals surface area contributed by atoms with Crippen LogP contribution in [0.25, 0.3) is 0 Å². The number of nitrogens with one attached hydrogen (secondary N) is 1. The second kappa shape index (κ2) is 19.5. The predicted octanol–water partition coefficient (Wildman–Crippen LogP) is 8.45. The maximum atomic E-state index is 12.5. The molecular weight excluding hydrogens is 450 g/mol. The van der Waals surface area contributed by atoms with Crippen LogP contribution in [0.1, 0.15) is 136 Å². The third-order valence-corrected chi connectivity index (χ3v) is 8.02. The molecule has 2 atom stereocenters. The minimum Gasteiger partial charge on any atom is -0.409 e. The molecule has 35 heavy (non-hydrogen) atoms. The Morgan fingerprint density at radius 1 is 0.829 bits per heavy atom. The normalized spacial score (nSPS) is 15.4. The Bertz CT molecular complexity index is 585. The Kier molecular flexibility index (Phi) is 18.0. The van der Waals surface area contributed by atoms with E-state index in [1.165, 1.54) is 101 Å². The molecule has 1 rings (SSSR count). The zero-order chi connectivity index (χ0) is 25.9. The molecule has 0 heterocycles. The lowest BCUT2D eigenvalue weighted by atomic mass is 10.0. The number of aliphatic hydroxyl groups is 1. The number of unbranched alkanes of at least 4 members (excludes halogenated alkanes) is 14. The highest BCUT2D eigenvalue weighted by Crippen LogP contribution is 2.41. The molecule has 1 amide bonds. The van der Waals surface area contributed by atoms with E-state index in [1.807, 2.05) is 0 Å². The molecule has 0 saturated heterocycles. The van der Waals surface area contributed by atoms with E-state index in [0.717, 1.165) is 25.7 Å². The summed E-state index contributed by atoms with van der Waals surface area (Å²) in [6.45, 7) is 11.0. The van der Waals surface area contributed by atoms with Crippen LogP contribution < -0.4 is 5.32 Å². The lowest BCUT2D eigenvalue weighted by Gasteiger charge is -2.31. The van der Waals surface area contributed by atoms with E-state index >= 15 is 0 Å². The van der Waals surface area contributed by atoms with Crippen LogP contribution in [-0.4, -0.2) is 38.1 Å². The van der Waals surface area contributed by atoms with Crippen molar-refractivity contribution >= 4 is 14.2 Å². The fraction of sp³-hybridized carbons (Fsp3) is 0.900. The van der Waals surface area contributed by atoms with Gasteiger partial charge in [0.05, 0.1) is 18.8 Å². The van der Waals surface area contributed by atoms with Crippen LogP contribution in [0.3, 0.4) is 0 Å². The van der Waals surface area contributed by atoms with Crippen LogP contribution >= 0.6 is 0 Å². The first-order valence-corrected chi connectivity index (χ1v) is 18.5. The van der Waals surface area contributed by atoms with Crippen LogP contribution in [-0.2, 0) is 9.22 Å². The van der Waals surface area contributed by atoms with E-state index in [4.69, 9.17) is 4.43 Å². The van der Waals surface area contributed by atoms with Gasteiger partial charge >= 0.3 is 0 Å². The minimum atomic E-state index is -1.81. The second-order valence-corrected chi connectivity index (χ2v) is 16.2. The first-order valence-electron chi connectivity index (χ1n) is 15.1. The zero-order valence-electron chi connectivity index (χ0n) is 24.1. The van der Waals surface area contributed by atoms with Crippen LogP contribution in [0.2, 0.25) is 19.6 Å². The molecule has 0 radical (unpaired) electrons. The highest BCUT2D eigenvalue weighted by molar-refractivity contribution is 6.69. The van der Waals surface area contributed by atoms with Gasteiger partial charge in [-0.2, -0.15) is 0 Å². The van der Waals surface area contributed by atoms with Gasteiger partial charge in [0.15, 0.2) is 8.32 Å². The minimum absolute atomic E-state index is 0.0536. The summed E-state index contributed by atoms with van der Waals surface area (Å²) in [5.74, 6) is 0.0536. The van der Waals surface area contributed by atoms with Crippen molar-refractivity contribution in [2.45, 2.75) is 168 Å². The highest BCUT2D eigenvalue weighted by Gasteiger charge is 2.38. The number of allylic oxidation sites excluding steroid dienone is 1. The molecule has 1 aliphatic carbocycles. The Hall–Kier alpha value is -0.653. The fourth-order valence-electron chi connectivity index (χ4n) is 4.90. The molecule has 206 valence electrons. The van der Waals surface area contributed by atoms with Crippen molar-refractivity contribution in [1.29, 1.82) is 0 Å². The van der Waals surface area contributed by atoms with E-state index in [1.54, 1.807) is 0 Å². The SMILES string of the molecule is CCCCCCCCCCCCCC1=C([C@H](O[Si](C)(C)C)[C@H](CO)NC(=O)CCCCCCC)C1. The maximum Gasteiger partial charge on any atom is 0.220 e. The molecular formula is C30H59NO3Si. The number of aliphatic hydroxyl groups excluding tert-OH is 1. The van der Waals surface area contributed by atoms with Gasteiger partial charge in [-0.05, 0) is 50.9 Å². The van der Waals surface area contributed by atoms with Gasteiger partial charge in [0.25, 0.3) is 0 Å². The number of carbonyl (C=O) groups excluding carboxylic acids is 1. The molecule has 2 N–H and O–H groups in total. The summed E-state index contributed by atoms with van der Waals surface area (Å²) in [4.78, 5) is 12.5. The Labute approximate surface area is 219 Å². The highest BCUT2D eigenvalue weighted by atomic mass is 28.4. The molecule has 0 spiro atoms. The van der Waals surface area contributed by atoms with Crippen molar-refractivity contribution < 1.29 is 14.3 Å². The summed E-state index contributed by atoms with van der Waals surface area (Å²) >= 11 is 0. The summed E-state index contributed by atoms with van der Waals surface area (Å²) in [5.41, 5.74) is 2.86. The molecule has 0 aromatic carbocycles. The van der Waals surface area contributed by atoms with Gasteiger partial charge in [0.1, 0.15) is 0 Å². The van der Waals surface area contributed by atoms with Crippen LogP contribution in [0.4, 0.5) is 0 Å². The van der Waals surface area contributed by atoms with E-state index < -0.39 is 8.32 Å². The number of carbonyl (C=O) groups is 1. The summed E-state index contributed by atoms with van der Waals surface area (Å²) in [6, 6.07) is -0.324. The molecule has 0 bridgehead atoms. The zero-order valence-corrected chi connectivity index (χ0v) is 25.1. The number of amides is 1. The maximum absolute atomic E-state index is 12.5. The average Bonchev–Trinajstić information content (AvgIpc) is 3.58. The van der Waals surface area contributed by atoms with Crippen molar-refractivity contribution in [3.05, 3.63) is 11.1 Å². The number of hydrogen-bond acceptors (Lipinski definition) is 3. The first-order chi connectivity index (χ1) is 16.8. The van der Waals surface area contributed by atoms with Gasteiger partial charge in [-0.1, -0.05) is 109 Å². The molecule has 0 aliphatic heterocycles. The lowest BCUT2D eigenvalue weighted by Crippen LogP contribution is -2.50. The molecule has 0 aromatic rings.